The van der Waals surface area contributed by atoms with Crippen LogP contribution in [0.4, 0.5) is 0 Å². The van der Waals surface area contributed by atoms with Crippen LogP contribution in [0.3, 0.4) is 0 Å². The molecule has 1 N–H and O–H groups in total. The van der Waals surface area contributed by atoms with E-state index in [0.717, 1.165) is 6.42 Å². The van der Waals surface area contributed by atoms with Crippen molar-refractivity contribution in [1.82, 2.24) is 0 Å². The van der Waals surface area contributed by atoms with Crippen LogP contribution in [0.2, 0.25) is 0 Å². The lowest BCUT2D eigenvalue weighted by Gasteiger charge is -2.08. The minimum Gasteiger partial charge on any atom is -0.378 e. The molecule has 0 radical (unpaired) electrons. The van der Waals surface area contributed by atoms with Crippen LogP contribution in [0.5, 0.6) is 0 Å². The SMILES string of the molecule is O=C[C@@]1(O)C=CCC1. The summed E-state index contributed by atoms with van der Waals surface area (Å²) in [5.74, 6) is 0. The summed E-state index contributed by atoms with van der Waals surface area (Å²) in [5.41, 5.74) is -1.12. The van der Waals surface area contributed by atoms with E-state index in [2.05, 4.69) is 0 Å². The second-order valence-corrected chi connectivity index (χ2v) is 2.05. The summed E-state index contributed by atoms with van der Waals surface area (Å²) < 4.78 is 0. The molecule has 0 aliphatic heterocycles. The van der Waals surface area contributed by atoms with Gasteiger partial charge in [-0.05, 0) is 18.9 Å². The third-order valence-corrected chi connectivity index (χ3v) is 1.32. The molecule has 1 aliphatic rings. The maximum absolute atomic E-state index is 10.0. The van der Waals surface area contributed by atoms with Crippen molar-refractivity contribution in [1.29, 1.82) is 0 Å². The number of allylic oxidation sites excluding steroid dienone is 1. The van der Waals surface area contributed by atoms with Gasteiger partial charge in [0.25, 0.3) is 0 Å². The molecule has 0 aromatic heterocycles. The van der Waals surface area contributed by atoms with Crippen molar-refractivity contribution < 1.29 is 9.90 Å². The first-order valence-corrected chi connectivity index (χ1v) is 2.63. The van der Waals surface area contributed by atoms with E-state index >= 15 is 0 Å². The molecule has 0 spiro atoms. The topological polar surface area (TPSA) is 37.3 Å². The normalized spacial score (nSPS) is 35.6. The molecule has 0 fully saturated rings. The van der Waals surface area contributed by atoms with E-state index in [-0.39, 0.29) is 0 Å². The third kappa shape index (κ3) is 0.793. The van der Waals surface area contributed by atoms with Crippen molar-refractivity contribution in [3.05, 3.63) is 12.2 Å². The fourth-order valence-electron chi connectivity index (χ4n) is 0.784. The number of aldehydes is 1. The van der Waals surface area contributed by atoms with Crippen LogP contribution < -0.4 is 0 Å². The number of aliphatic hydroxyl groups is 1. The van der Waals surface area contributed by atoms with Crippen LogP contribution in [0, 0.1) is 0 Å². The predicted molar refractivity (Wildman–Crippen MR) is 29.4 cm³/mol. The molecule has 8 heavy (non-hydrogen) atoms. The highest BCUT2D eigenvalue weighted by atomic mass is 16.3. The van der Waals surface area contributed by atoms with Gasteiger partial charge in [-0.15, -0.1) is 0 Å². The molecule has 1 atom stereocenters. The first kappa shape index (κ1) is 5.51. The third-order valence-electron chi connectivity index (χ3n) is 1.32. The zero-order valence-corrected chi connectivity index (χ0v) is 4.50. The van der Waals surface area contributed by atoms with Gasteiger partial charge in [0.15, 0.2) is 6.29 Å². The van der Waals surface area contributed by atoms with Gasteiger partial charge in [0, 0.05) is 0 Å². The van der Waals surface area contributed by atoms with Gasteiger partial charge in [-0.2, -0.15) is 0 Å². The van der Waals surface area contributed by atoms with Crippen LogP contribution in [0.15, 0.2) is 12.2 Å². The highest BCUT2D eigenvalue weighted by molar-refractivity contribution is 5.66. The van der Waals surface area contributed by atoms with Gasteiger partial charge in [-0.3, -0.25) is 4.79 Å². The lowest BCUT2D eigenvalue weighted by Crippen LogP contribution is -2.23. The fourth-order valence-corrected chi connectivity index (χ4v) is 0.784. The van der Waals surface area contributed by atoms with Gasteiger partial charge < -0.3 is 5.11 Å². The van der Waals surface area contributed by atoms with Crippen molar-refractivity contribution in [3.8, 4) is 0 Å². The standard InChI is InChI=1S/C6H8O2/c7-5-6(8)3-1-2-4-6/h1,3,5,8H,2,4H2/t6-/m1/s1. The highest BCUT2D eigenvalue weighted by Crippen LogP contribution is 2.18. The van der Waals surface area contributed by atoms with Gasteiger partial charge >= 0.3 is 0 Å². The Morgan fingerprint density at radius 2 is 2.50 bits per heavy atom. The fraction of sp³-hybridized carbons (Fsp3) is 0.500. The summed E-state index contributed by atoms with van der Waals surface area (Å²) in [6.07, 6.45) is 5.30. The van der Waals surface area contributed by atoms with E-state index < -0.39 is 5.60 Å². The minimum atomic E-state index is -1.12. The van der Waals surface area contributed by atoms with Gasteiger partial charge in [0.1, 0.15) is 5.60 Å². The number of carbonyl (C=O) groups is 1. The van der Waals surface area contributed by atoms with Crippen molar-refractivity contribution >= 4 is 6.29 Å². The summed E-state index contributed by atoms with van der Waals surface area (Å²) in [6.45, 7) is 0. The summed E-state index contributed by atoms with van der Waals surface area (Å²) in [5, 5.41) is 9.05. The monoisotopic (exact) mass is 112 g/mol. The predicted octanol–water partition coefficient (Wildman–Crippen LogP) is 0.266. The lowest BCUT2D eigenvalue weighted by atomic mass is 10.1. The van der Waals surface area contributed by atoms with E-state index in [0.29, 0.717) is 12.7 Å². The molecule has 0 heterocycles. The maximum Gasteiger partial charge on any atom is 0.155 e. The number of hydrogen-bond donors (Lipinski definition) is 1. The molecule has 44 valence electrons. The van der Waals surface area contributed by atoms with Crippen LogP contribution in [-0.2, 0) is 4.79 Å². The molecule has 1 rings (SSSR count). The number of hydrogen-bond acceptors (Lipinski definition) is 2. The zero-order valence-electron chi connectivity index (χ0n) is 4.50. The van der Waals surface area contributed by atoms with E-state index in [1.165, 1.54) is 0 Å². The average molecular weight is 112 g/mol. The molecule has 2 nitrogen and oxygen atoms in total. The minimum absolute atomic E-state index is 0.552. The van der Waals surface area contributed by atoms with Crippen molar-refractivity contribution in [3.63, 3.8) is 0 Å². The van der Waals surface area contributed by atoms with Crippen molar-refractivity contribution in [2.75, 3.05) is 0 Å². The van der Waals surface area contributed by atoms with Gasteiger partial charge in [-0.25, -0.2) is 0 Å². The molecule has 0 saturated carbocycles. The molecule has 0 amide bonds. The van der Waals surface area contributed by atoms with Gasteiger partial charge in [-0.1, -0.05) is 6.08 Å². The van der Waals surface area contributed by atoms with Crippen molar-refractivity contribution in [2.45, 2.75) is 18.4 Å². The lowest BCUT2D eigenvalue weighted by molar-refractivity contribution is -0.119. The number of carbonyl (C=O) groups excluding carboxylic acids is 1. The molecule has 0 unspecified atom stereocenters. The molecular weight excluding hydrogens is 104 g/mol. The Bertz CT molecular complexity index is 128. The van der Waals surface area contributed by atoms with Crippen LogP contribution in [0.1, 0.15) is 12.8 Å². The average Bonchev–Trinajstić information content (AvgIpc) is 2.17. The molecule has 0 bridgehead atoms. The Balaban J connectivity index is 2.67. The maximum atomic E-state index is 10.0. The van der Waals surface area contributed by atoms with E-state index in [9.17, 15) is 4.79 Å². The Kier molecular flexibility index (Phi) is 1.18. The van der Waals surface area contributed by atoms with Crippen molar-refractivity contribution in [2.24, 2.45) is 0 Å². The van der Waals surface area contributed by atoms with E-state index in [1.807, 2.05) is 6.08 Å². The number of rotatable bonds is 1. The summed E-state index contributed by atoms with van der Waals surface area (Å²) in [4.78, 5) is 10.0. The first-order chi connectivity index (χ1) is 3.77. The largest absolute Gasteiger partial charge is 0.378 e. The Morgan fingerprint density at radius 3 is 2.75 bits per heavy atom. The zero-order chi connectivity index (χ0) is 6.04. The summed E-state index contributed by atoms with van der Waals surface area (Å²) in [7, 11) is 0. The molecule has 2 heteroatoms. The van der Waals surface area contributed by atoms with E-state index in [4.69, 9.17) is 5.11 Å². The molecule has 0 aromatic rings. The second kappa shape index (κ2) is 1.71. The quantitative estimate of drug-likeness (QED) is 0.390. The highest BCUT2D eigenvalue weighted by Gasteiger charge is 2.24. The molecule has 0 aromatic carbocycles. The van der Waals surface area contributed by atoms with Crippen LogP contribution in [0.25, 0.3) is 0 Å². The van der Waals surface area contributed by atoms with Crippen LogP contribution >= 0.6 is 0 Å². The summed E-state index contributed by atoms with van der Waals surface area (Å²) in [6, 6.07) is 0. The Hall–Kier alpha value is -0.630. The smallest absolute Gasteiger partial charge is 0.155 e. The first-order valence-electron chi connectivity index (χ1n) is 2.63. The second-order valence-electron chi connectivity index (χ2n) is 2.05. The van der Waals surface area contributed by atoms with Crippen LogP contribution in [-0.4, -0.2) is 17.0 Å². The van der Waals surface area contributed by atoms with Gasteiger partial charge in [0.2, 0.25) is 0 Å². The molecule has 1 aliphatic carbocycles. The van der Waals surface area contributed by atoms with E-state index in [1.54, 1.807) is 6.08 Å². The Labute approximate surface area is 47.8 Å². The molecular formula is C6H8O2. The molecule has 0 saturated heterocycles. The summed E-state index contributed by atoms with van der Waals surface area (Å²) >= 11 is 0. The Morgan fingerprint density at radius 1 is 1.75 bits per heavy atom. The van der Waals surface area contributed by atoms with Gasteiger partial charge in [0.05, 0.1) is 0 Å².